The molecular formula is C22H26ClN3O4. The van der Waals surface area contributed by atoms with Crippen LogP contribution in [0.25, 0.3) is 16.8 Å². The van der Waals surface area contributed by atoms with E-state index in [1.807, 2.05) is 26.8 Å². The molecule has 0 unspecified atom stereocenters. The van der Waals surface area contributed by atoms with Crippen molar-refractivity contribution in [3.8, 4) is 17.0 Å². The highest BCUT2D eigenvalue weighted by atomic mass is 35.5. The van der Waals surface area contributed by atoms with Gasteiger partial charge in [-0.2, -0.15) is 0 Å². The van der Waals surface area contributed by atoms with Crippen LogP contribution >= 0.6 is 11.6 Å². The number of hydrogen-bond donors (Lipinski definition) is 2. The highest BCUT2D eigenvalue weighted by Gasteiger charge is 2.17. The number of ether oxygens (including phenoxy) is 1. The third-order valence-electron chi connectivity index (χ3n) is 4.64. The normalized spacial score (nSPS) is 11.3. The maximum absolute atomic E-state index is 13.3. The second kappa shape index (κ2) is 9.36. The number of aryl methyl sites for hydroxylation is 1. The molecule has 30 heavy (non-hydrogen) atoms. The first kappa shape index (κ1) is 21.9. The number of benzene rings is 1. The highest BCUT2D eigenvalue weighted by Crippen LogP contribution is 2.27. The van der Waals surface area contributed by atoms with Gasteiger partial charge < -0.3 is 19.6 Å². The summed E-state index contributed by atoms with van der Waals surface area (Å²) in [6.45, 7) is 5.94. The first-order valence-electron chi connectivity index (χ1n) is 9.85. The maximum Gasteiger partial charge on any atom is 0.275 e. The van der Waals surface area contributed by atoms with Gasteiger partial charge in [-0.05, 0) is 38.5 Å². The van der Waals surface area contributed by atoms with Crippen molar-refractivity contribution in [1.82, 2.24) is 14.3 Å². The molecule has 0 bridgehead atoms. The second-order valence-electron chi connectivity index (χ2n) is 7.48. The number of nitrogens with zero attached hydrogens (tertiary/aromatic N) is 2. The Labute approximate surface area is 179 Å². The van der Waals surface area contributed by atoms with Gasteiger partial charge in [0.25, 0.3) is 5.56 Å². The van der Waals surface area contributed by atoms with Gasteiger partial charge in [0.2, 0.25) is 5.91 Å². The number of amides is 1. The van der Waals surface area contributed by atoms with Crippen molar-refractivity contribution in [2.75, 3.05) is 13.2 Å². The Bertz CT molecular complexity index is 1120. The molecule has 1 aromatic carbocycles. The standard InChI is InChI=1S/C22H26ClN3O4/c1-14(2)24-21(28)13-26-20(18-9-16(23)6-5-15(18)3)12-25-11-17(30-8-4-7-27)10-19(25)22(26)29/h5-6,9-12,14,27H,4,7-8,13H2,1-3H3,(H,24,28). The predicted octanol–water partition coefficient (Wildman–Crippen LogP) is 3.02. The third-order valence-corrected chi connectivity index (χ3v) is 4.87. The van der Waals surface area contributed by atoms with Crippen LogP contribution in [0.5, 0.6) is 5.75 Å². The first-order valence-corrected chi connectivity index (χ1v) is 10.2. The number of rotatable bonds is 8. The summed E-state index contributed by atoms with van der Waals surface area (Å²) >= 11 is 6.21. The van der Waals surface area contributed by atoms with Crippen molar-refractivity contribution in [3.05, 3.63) is 57.6 Å². The van der Waals surface area contributed by atoms with Gasteiger partial charge >= 0.3 is 0 Å². The topological polar surface area (TPSA) is 85.0 Å². The molecule has 2 aromatic heterocycles. The van der Waals surface area contributed by atoms with E-state index >= 15 is 0 Å². The molecule has 160 valence electrons. The number of carbonyl (C=O) groups excluding carboxylic acids is 1. The number of nitrogens with one attached hydrogen (secondary N) is 1. The van der Waals surface area contributed by atoms with Gasteiger partial charge in [0.1, 0.15) is 17.8 Å². The lowest BCUT2D eigenvalue weighted by Gasteiger charge is -2.17. The average Bonchev–Trinajstić information content (AvgIpc) is 3.09. The Kier molecular flexibility index (Phi) is 6.84. The number of fused-ring (bicyclic) bond motifs is 1. The smallest absolute Gasteiger partial charge is 0.275 e. The van der Waals surface area contributed by atoms with E-state index in [0.29, 0.717) is 35.0 Å². The zero-order valence-corrected chi connectivity index (χ0v) is 18.1. The number of halogens is 1. The van der Waals surface area contributed by atoms with Crippen molar-refractivity contribution in [2.45, 2.75) is 39.8 Å². The number of hydrogen-bond acceptors (Lipinski definition) is 4. The summed E-state index contributed by atoms with van der Waals surface area (Å²) in [6, 6.07) is 7.06. The Morgan fingerprint density at radius 3 is 2.73 bits per heavy atom. The van der Waals surface area contributed by atoms with Crippen molar-refractivity contribution < 1.29 is 14.6 Å². The average molecular weight is 432 g/mol. The first-order chi connectivity index (χ1) is 14.3. The Morgan fingerprint density at radius 2 is 2.03 bits per heavy atom. The molecule has 0 aliphatic rings. The fourth-order valence-electron chi connectivity index (χ4n) is 3.27. The summed E-state index contributed by atoms with van der Waals surface area (Å²) in [7, 11) is 0. The molecule has 0 radical (unpaired) electrons. The molecular weight excluding hydrogens is 406 g/mol. The molecule has 0 fully saturated rings. The predicted molar refractivity (Wildman–Crippen MR) is 117 cm³/mol. The fraction of sp³-hybridized carbons (Fsp3) is 0.364. The van der Waals surface area contributed by atoms with Crippen LogP contribution in [0.2, 0.25) is 5.02 Å². The minimum atomic E-state index is -0.303. The molecule has 0 saturated carbocycles. The van der Waals surface area contributed by atoms with E-state index in [9.17, 15) is 9.59 Å². The summed E-state index contributed by atoms with van der Waals surface area (Å²) in [6.07, 6.45) is 4.02. The quantitative estimate of drug-likeness (QED) is 0.537. The number of carbonyl (C=O) groups is 1. The second-order valence-corrected chi connectivity index (χ2v) is 7.92. The van der Waals surface area contributed by atoms with Gasteiger partial charge in [0.15, 0.2) is 0 Å². The van der Waals surface area contributed by atoms with Crippen molar-refractivity contribution in [1.29, 1.82) is 0 Å². The van der Waals surface area contributed by atoms with Crippen LogP contribution in [0.15, 0.2) is 41.5 Å². The van der Waals surface area contributed by atoms with Gasteiger partial charge in [-0.1, -0.05) is 17.7 Å². The lowest BCUT2D eigenvalue weighted by molar-refractivity contribution is -0.122. The summed E-state index contributed by atoms with van der Waals surface area (Å²) in [5.41, 5.74) is 2.39. The van der Waals surface area contributed by atoms with Crippen LogP contribution in [0.1, 0.15) is 25.8 Å². The summed E-state index contributed by atoms with van der Waals surface area (Å²) in [4.78, 5) is 25.8. The zero-order chi connectivity index (χ0) is 21.8. The maximum atomic E-state index is 13.3. The molecule has 2 heterocycles. The summed E-state index contributed by atoms with van der Waals surface area (Å²) in [5, 5.41) is 12.3. The Hall–Kier alpha value is -2.77. The molecule has 0 aliphatic carbocycles. The van der Waals surface area contributed by atoms with Crippen LogP contribution in [-0.2, 0) is 11.3 Å². The Balaban J connectivity index is 2.15. The van der Waals surface area contributed by atoms with E-state index in [2.05, 4.69) is 5.32 Å². The van der Waals surface area contributed by atoms with Crippen molar-refractivity contribution in [3.63, 3.8) is 0 Å². The highest BCUT2D eigenvalue weighted by molar-refractivity contribution is 6.30. The van der Waals surface area contributed by atoms with Crippen LogP contribution in [0.4, 0.5) is 0 Å². The molecule has 3 rings (SSSR count). The summed E-state index contributed by atoms with van der Waals surface area (Å²) in [5.74, 6) is 0.280. The molecule has 7 nitrogen and oxygen atoms in total. The third kappa shape index (κ3) is 4.86. The molecule has 0 saturated heterocycles. The summed E-state index contributed by atoms with van der Waals surface area (Å²) < 4.78 is 8.78. The molecule has 0 atom stereocenters. The van der Waals surface area contributed by atoms with Crippen molar-refractivity contribution in [2.24, 2.45) is 0 Å². The number of aliphatic hydroxyl groups is 1. The molecule has 8 heteroatoms. The molecule has 2 N–H and O–H groups in total. The van der Waals surface area contributed by atoms with Gasteiger partial charge in [0.05, 0.1) is 18.5 Å². The zero-order valence-electron chi connectivity index (χ0n) is 17.3. The monoisotopic (exact) mass is 431 g/mol. The molecule has 0 spiro atoms. The lowest BCUT2D eigenvalue weighted by Crippen LogP contribution is -2.37. The SMILES string of the molecule is Cc1ccc(Cl)cc1-c1cn2cc(OCCCO)cc2c(=O)n1CC(=O)NC(C)C. The van der Waals surface area contributed by atoms with Crippen LogP contribution in [0.3, 0.4) is 0 Å². The molecule has 0 aliphatic heterocycles. The minimum Gasteiger partial charge on any atom is -0.492 e. The lowest BCUT2D eigenvalue weighted by atomic mass is 10.1. The number of aliphatic hydroxyl groups excluding tert-OH is 1. The van der Waals surface area contributed by atoms with Crippen LogP contribution < -0.4 is 15.6 Å². The van der Waals surface area contributed by atoms with E-state index in [-0.39, 0.29) is 30.7 Å². The van der Waals surface area contributed by atoms with Gasteiger partial charge in [-0.25, -0.2) is 0 Å². The fourth-order valence-corrected chi connectivity index (χ4v) is 3.44. The minimum absolute atomic E-state index is 0.0311. The van der Waals surface area contributed by atoms with Gasteiger partial charge in [-0.15, -0.1) is 0 Å². The Morgan fingerprint density at radius 1 is 1.27 bits per heavy atom. The largest absolute Gasteiger partial charge is 0.492 e. The van der Waals surface area contributed by atoms with E-state index in [1.54, 1.807) is 35.0 Å². The van der Waals surface area contributed by atoms with E-state index < -0.39 is 0 Å². The van der Waals surface area contributed by atoms with E-state index in [1.165, 1.54) is 4.57 Å². The molecule has 3 aromatic rings. The van der Waals surface area contributed by atoms with Gasteiger partial charge in [-0.3, -0.25) is 14.2 Å². The van der Waals surface area contributed by atoms with Crippen LogP contribution in [0, 0.1) is 6.92 Å². The number of aromatic nitrogens is 2. The molecule has 1 amide bonds. The van der Waals surface area contributed by atoms with E-state index in [0.717, 1.165) is 11.1 Å². The van der Waals surface area contributed by atoms with Gasteiger partial charge in [0, 0.05) is 41.9 Å². The van der Waals surface area contributed by atoms with Crippen molar-refractivity contribution >= 4 is 23.0 Å². The van der Waals surface area contributed by atoms with E-state index in [4.69, 9.17) is 21.4 Å². The van der Waals surface area contributed by atoms with Crippen LogP contribution in [-0.4, -0.2) is 39.2 Å².